The Morgan fingerprint density at radius 3 is 2.28 bits per heavy atom. The molecule has 0 fully saturated rings. The lowest BCUT2D eigenvalue weighted by Crippen LogP contribution is -2.41. The van der Waals surface area contributed by atoms with E-state index in [1.54, 1.807) is 32.9 Å². The Balaban J connectivity index is 3.05. The molecular formula is C19H33N5O4S. The van der Waals surface area contributed by atoms with Crippen LogP contribution >= 0.6 is 0 Å². The molecule has 0 aliphatic rings. The van der Waals surface area contributed by atoms with Crippen LogP contribution in [0.4, 0.5) is 16.2 Å². The summed E-state index contributed by atoms with van der Waals surface area (Å²) in [5, 5.41) is 10.9. The molecule has 0 aliphatic carbocycles. The van der Waals surface area contributed by atoms with Gasteiger partial charge in [-0.25, -0.2) is 13.2 Å². The van der Waals surface area contributed by atoms with Gasteiger partial charge in [-0.15, -0.1) is 0 Å². The van der Waals surface area contributed by atoms with Crippen LogP contribution in [-0.4, -0.2) is 57.4 Å². The Morgan fingerprint density at radius 1 is 1.00 bits per heavy atom. The highest BCUT2D eigenvalue weighted by molar-refractivity contribution is 7.89. The summed E-state index contributed by atoms with van der Waals surface area (Å²) in [5.41, 5.74) is 1.18. The zero-order valence-corrected chi connectivity index (χ0v) is 18.5. The van der Waals surface area contributed by atoms with Crippen LogP contribution in [0.25, 0.3) is 0 Å². The second-order valence-corrected chi connectivity index (χ2v) is 8.28. The fourth-order valence-electron chi connectivity index (χ4n) is 2.65. The van der Waals surface area contributed by atoms with Crippen LogP contribution in [0.15, 0.2) is 23.1 Å². The lowest BCUT2D eigenvalue weighted by atomic mass is 10.2. The number of sulfonamides is 1. The number of benzene rings is 1. The van der Waals surface area contributed by atoms with Crippen LogP contribution in [0.1, 0.15) is 40.5 Å². The number of nitrogens with zero attached hydrogens (tertiary/aromatic N) is 1. The van der Waals surface area contributed by atoms with Gasteiger partial charge in [0, 0.05) is 26.2 Å². The predicted molar refractivity (Wildman–Crippen MR) is 116 cm³/mol. The molecule has 9 nitrogen and oxygen atoms in total. The molecular weight excluding hydrogens is 394 g/mol. The van der Waals surface area contributed by atoms with Gasteiger partial charge in [-0.3, -0.25) is 10.1 Å². The standard InChI is InChI=1S/C19H33N5O4S/c1-5-9-12-21-16-11-10-15(29(27,28)24(7-3)8-4)13-17(16)22-14-18(25)23-19(26)20-6-2/h10-11,13,21-22H,5-9,12,14H2,1-4H3,(H2,20,23,25,26). The average molecular weight is 428 g/mol. The minimum Gasteiger partial charge on any atom is -0.383 e. The van der Waals surface area contributed by atoms with Crippen molar-refractivity contribution in [3.63, 3.8) is 0 Å². The number of urea groups is 1. The number of rotatable bonds is 12. The zero-order chi connectivity index (χ0) is 21.9. The van der Waals surface area contributed by atoms with Gasteiger partial charge in [-0.1, -0.05) is 27.2 Å². The first-order valence-corrected chi connectivity index (χ1v) is 11.4. The summed E-state index contributed by atoms with van der Waals surface area (Å²) in [4.78, 5) is 23.6. The molecule has 164 valence electrons. The Labute approximate surface area is 173 Å². The van der Waals surface area contributed by atoms with E-state index in [1.807, 2.05) is 0 Å². The molecule has 29 heavy (non-hydrogen) atoms. The Bertz CT molecular complexity index is 779. The first kappa shape index (κ1) is 24.7. The van der Waals surface area contributed by atoms with E-state index in [0.29, 0.717) is 31.0 Å². The average Bonchev–Trinajstić information content (AvgIpc) is 2.68. The second kappa shape index (κ2) is 12.3. The number of hydrogen-bond acceptors (Lipinski definition) is 6. The molecule has 0 saturated heterocycles. The van der Waals surface area contributed by atoms with Gasteiger partial charge in [0.2, 0.25) is 15.9 Å². The maximum Gasteiger partial charge on any atom is 0.321 e. The third-order valence-electron chi connectivity index (χ3n) is 4.21. The highest BCUT2D eigenvalue weighted by Crippen LogP contribution is 2.27. The summed E-state index contributed by atoms with van der Waals surface area (Å²) in [6.07, 6.45) is 1.97. The van der Waals surface area contributed by atoms with E-state index in [9.17, 15) is 18.0 Å². The SMILES string of the molecule is CCCCNc1ccc(S(=O)(=O)N(CC)CC)cc1NCC(=O)NC(=O)NCC. The van der Waals surface area contributed by atoms with E-state index in [2.05, 4.69) is 28.2 Å². The highest BCUT2D eigenvalue weighted by Gasteiger charge is 2.22. The van der Waals surface area contributed by atoms with Gasteiger partial charge in [0.1, 0.15) is 0 Å². The number of hydrogen-bond donors (Lipinski definition) is 4. The lowest BCUT2D eigenvalue weighted by molar-refractivity contribution is -0.118. The van der Waals surface area contributed by atoms with E-state index in [-0.39, 0.29) is 11.4 Å². The smallest absolute Gasteiger partial charge is 0.321 e. The molecule has 3 amide bonds. The molecule has 0 radical (unpaired) electrons. The van der Waals surface area contributed by atoms with Crippen molar-refractivity contribution in [2.24, 2.45) is 0 Å². The third kappa shape index (κ3) is 7.54. The number of unbranched alkanes of at least 4 members (excludes halogenated alkanes) is 1. The molecule has 1 aromatic carbocycles. The number of nitrogens with one attached hydrogen (secondary N) is 4. The summed E-state index contributed by atoms with van der Waals surface area (Å²) >= 11 is 0. The first-order valence-electron chi connectivity index (χ1n) is 9.99. The molecule has 0 aromatic heterocycles. The van der Waals surface area contributed by atoms with Crippen LogP contribution in [0, 0.1) is 0 Å². The molecule has 0 saturated carbocycles. The number of anilines is 2. The molecule has 0 aliphatic heterocycles. The number of amides is 3. The van der Waals surface area contributed by atoms with Crippen molar-refractivity contribution in [2.45, 2.75) is 45.4 Å². The fourth-order valence-corrected chi connectivity index (χ4v) is 4.13. The molecule has 0 unspecified atom stereocenters. The second-order valence-electron chi connectivity index (χ2n) is 6.34. The van der Waals surface area contributed by atoms with Gasteiger partial charge in [-0.05, 0) is 31.5 Å². The fraction of sp³-hybridized carbons (Fsp3) is 0.579. The maximum absolute atomic E-state index is 12.8. The van der Waals surface area contributed by atoms with E-state index in [4.69, 9.17) is 0 Å². The third-order valence-corrected chi connectivity index (χ3v) is 6.26. The topological polar surface area (TPSA) is 120 Å². The minimum atomic E-state index is -3.63. The van der Waals surface area contributed by atoms with Gasteiger partial charge >= 0.3 is 6.03 Å². The van der Waals surface area contributed by atoms with Crippen molar-refractivity contribution < 1.29 is 18.0 Å². The molecule has 4 N–H and O–H groups in total. The lowest BCUT2D eigenvalue weighted by Gasteiger charge is -2.20. The molecule has 1 rings (SSSR count). The van der Waals surface area contributed by atoms with Gasteiger partial charge in [-0.2, -0.15) is 4.31 Å². The van der Waals surface area contributed by atoms with Crippen molar-refractivity contribution in [1.29, 1.82) is 0 Å². The number of carbonyl (C=O) groups is 2. The molecule has 0 bridgehead atoms. The normalized spacial score (nSPS) is 11.2. The van der Waals surface area contributed by atoms with Gasteiger partial charge < -0.3 is 16.0 Å². The van der Waals surface area contributed by atoms with E-state index < -0.39 is 22.0 Å². The van der Waals surface area contributed by atoms with Crippen molar-refractivity contribution in [3.8, 4) is 0 Å². The molecule has 0 heterocycles. The first-order chi connectivity index (χ1) is 13.8. The van der Waals surface area contributed by atoms with E-state index in [0.717, 1.165) is 19.4 Å². The molecule has 0 atom stereocenters. The maximum atomic E-state index is 12.8. The van der Waals surface area contributed by atoms with Crippen molar-refractivity contribution in [1.82, 2.24) is 14.9 Å². The number of carbonyl (C=O) groups excluding carboxylic acids is 2. The van der Waals surface area contributed by atoms with E-state index >= 15 is 0 Å². The summed E-state index contributed by atoms with van der Waals surface area (Å²) < 4.78 is 27.0. The highest BCUT2D eigenvalue weighted by atomic mass is 32.2. The Kier molecular flexibility index (Phi) is 10.5. The van der Waals surface area contributed by atoms with Crippen LogP contribution in [0.2, 0.25) is 0 Å². The van der Waals surface area contributed by atoms with Crippen LogP contribution in [0.3, 0.4) is 0 Å². The van der Waals surface area contributed by atoms with Gasteiger partial charge in [0.05, 0.1) is 22.8 Å². The molecule has 10 heteroatoms. The Hall–Kier alpha value is -2.33. The summed E-state index contributed by atoms with van der Waals surface area (Å²) in [6, 6.07) is 4.19. The summed E-state index contributed by atoms with van der Waals surface area (Å²) in [7, 11) is -3.63. The summed E-state index contributed by atoms with van der Waals surface area (Å²) in [5.74, 6) is -0.521. The zero-order valence-electron chi connectivity index (χ0n) is 17.7. The minimum absolute atomic E-state index is 0.147. The largest absolute Gasteiger partial charge is 0.383 e. The van der Waals surface area contributed by atoms with Crippen molar-refractivity contribution in [3.05, 3.63) is 18.2 Å². The quantitative estimate of drug-likeness (QED) is 0.380. The Morgan fingerprint density at radius 2 is 1.69 bits per heavy atom. The van der Waals surface area contributed by atoms with E-state index in [1.165, 1.54) is 10.4 Å². The van der Waals surface area contributed by atoms with Gasteiger partial charge in [0.15, 0.2) is 0 Å². The van der Waals surface area contributed by atoms with Crippen LogP contribution in [-0.2, 0) is 14.8 Å². The van der Waals surface area contributed by atoms with Gasteiger partial charge in [0.25, 0.3) is 0 Å². The molecule has 0 spiro atoms. The monoisotopic (exact) mass is 427 g/mol. The van der Waals surface area contributed by atoms with Crippen molar-refractivity contribution >= 4 is 33.3 Å². The molecule has 1 aromatic rings. The van der Waals surface area contributed by atoms with Crippen LogP contribution < -0.4 is 21.3 Å². The van der Waals surface area contributed by atoms with Crippen molar-refractivity contribution in [2.75, 3.05) is 43.4 Å². The predicted octanol–water partition coefficient (Wildman–Crippen LogP) is 2.19. The van der Waals surface area contributed by atoms with Crippen LogP contribution in [0.5, 0.6) is 0 Å². The summed E-state index contributed by atoms with van der Waals surface area (Å²) in [6.45, 7) is 9.08. The number of imide groups is 1.